The molecule has 152 valence electrons. The van der Waals surface area contributed by atoms with Gasteiger partial charge in [-0.3, -0.25) is 19.2 Å². The first-order valence-electron chi connectivity index (χ1n) is 8.42. The molecule has 1 aliphatic rings. The Balaban J connectivity index is 2.58. The molecule has 4 amide bonds. The minimum absolute atomic E-state index is 0.0120. The van der Waals surface area contributed by atoms with E-state index in [1.54, 1.807) is 0 Å². The van der Waals surface area contributed by atoms with Crippen LogP contribution in [0.3, 0.4) is 0 Å². The van der Waals surface area contributed by atoms with Crippen molar-refractivity contribution in [2.24, 2.45) is 5.73 Å². The largest absolute Gasteiger partial charge is 0.480 e. The zero-order chi connectivity index (χ0) is 20.6. The highest BCUT2D eigenvalue weighted by Gasteiger charge is 2.29. The molecule has 0 aromatic heterocycles. The van der Waals surface area contributed by atoms with Crippen LogP contribution in [0.25, 0.3) is 0 Å². The molecule has 1 fully saturated rings. The number of nitrogens with two attached hydrogens (primary N) is 1. The Hall–Kier alpha value is -2.34. The van der Waals surface area contributed by atoms with Crippen molar-refractivity contribution in [3.63, 3.8) is 0 Å². The highest BCUT2D eigenvalue weighted by Crippen LogP contribution is 2.05. The van der Waals surface area contributed by atoms with Crippen LogP contribution in [0.15, 0.2) is 0 Å². The van der Waals surface area contributed by atoms with Crippen LogP contribution in [-0.4, -0.2) is 71.2 Å². The molecule has 0 spiro atoms. The van der Waals surface area contributed by atoms with Gasteiger partial charge in [0.25, 0.3) is 0 Å². The van der Waals surface area contributed by atoms with E-state index in [4.69, 9.17) is 10.8 Å². The zero-order valence-corrected chi connectivity index (χ0v) is 15.8. The van der Waals surface area contributed by atoms with Gasteiger partial charge in [-0.15, -0.1) is 0 Å². The van der Waals surface area contributed by atoms with Gasteiger partial charge in [-0.25, -0.2) is 4.79 Å². The molecule has 4 unspecified atom stereocenters. The molecule has 0 radical (unpaired) electrons. The normalized spacial score (nSPS) is 19.4. The van der Waals surface area contributed by atoms with Crippen molar-refractivity contribution in [2.75, 3.05) is 12.3 Å². The summed E-state index contributed by atoms with van der Waals surface area (Å²) in [5.41, 5.74) is 4.94. The first kappa shape index (κ1) is 22.7. The fourth-order valence-corrected chi connectivity index (χ4v) is 2.71. The van der Waals surface area contributed by atoms with E-state index in [1.165, 1.54) is 6.92 Å². The lowest BCUT2D eigenvalue weighted by Crippen LogP contribution is -2.57. The molecule has 4 atom stereocenters. The molecule has 0 aromatic carbocycles. The summed E-state index contributed by atoms with van der Waals surface area (Å²) >= 11 is 4.04. The van der Waals surface area contributed by atoms with Crippen molar-refractivity contribution in [3.05, 3.63) is 0 Å². The lowest BCUT2D eigenvalue weighted by Gasteiger charge is -2.22. The van der Waals surface area contributed by atoms with Gasteiger partial charge in [-0.2, -0.15) is 12.6 Å². The molecule has 27 heavy (non-hydrogen) atoms. The molecular weight excluding hydrogens is 378 g/mol. The Labute approximate surface area is 161 Å². The minimum Gasteiger partial charge on any atom is -0.480 e. The fourth-order valence-electron chi connectivity index (χ4n) is 2.45. The summed E-state index contributed by atoms with van der Waals surface area (Å²) in [6.07, 6.45) is 0.955. The minimum atomic E-state index is -1.50. The predicted molar refractivity (Wildman–Crippen MR) is 97.8 cm³/mol. The van der Waals surface area contributed by atoms with E-state index in [-0.39, 0.29) is 17.7 Å². The van der Waals surface area contributed by atoms with Gasteiger partial charge in [0.05, 0.1) is 12.5 Å². The summed E-state index contributed by atoms with van der Waals surface area (Å²) in [6, 6.07) is -3.93. The van der Waals surface area contributed by atoms with Gasteiger partial charge in [0.1, 0.15) is 18.1 Å². The van der Waals surface area contributed by atoms with Crippen LogP contribution in [0.5, 0.6) is 0 Å². The number of aliphatic carboxylic acids is 1. The molecule has 0 aliphatic carbocycles. The first-order chi connectivity index (χ1) is 12.6. The van der Waals surface area contributed by atoms with Gasteiger partial charge in [0.2, 0.25) is 23.6 Å². The van der Waals surface area contributed by atoms with Gasteiger partial charge in [-0.05, 0) is 26.3 Å². The van der Waals surface area contributed by atoms with Crippen LogP contribution >= 0.6 is 12.6 Å². The van der Waals surface area contributed by atoms with Gasteiger partial charge >= 0.3 is 5.97 Å². The van der Waals surface area contributed by atoms with Crippen LogP contribution in [0.4, 0.5) is 0 Å². The number of nitrogens with one attached hydrogen (secondary N) is 4. The Bertz CT molecular complexity index is 595. The van der Waals surface area contributed by atoms with Crippen LogP contribution in [0, 0.1) is 0 Å². The molecule has 1 heterocycles. The molecule has 7 N–H and O–H groups in total. The molecule has 0 bridgehead atoms. The molecule has 0 saturated carbocycles. The Morgan fingerprint density at radius 1 is 1.15 bits per heavy atom. The second kappa shape index (κ2) is 10.7. The van der Waals surface area contributed by atoms with Crippen molar-refractivity contribution >= 4 is 42.2 Å². The van der Waals surface area contributed by atoms with Crippen LogP contribution in [-0.2, 0) is 24.0 Å². The van der Waals surface area contributed by atoms with Gasteiger partial charge in [0.15, 0.2) is 0 Å². The number of carbonyl (C=O) groups excluding carboxylic acids is 4. The highest BCUT2D eigenvalue weighted by molar-refractivity contribution is 7.80. The molecule has 12 heteroatoms. The summed E-state index contributed by atoms with van der Waals surface area (Å²) in [6.45, 7) is 2.06. The van der Waals surface area contributed by atoms with Crippen molar-refractivity contribution in [1.29, 1.82) is 0 Å². The third kappa shape index (κ3) is 7.43. The number of primary amides is 1. The first-order valence-corrected chi connectivity index (χ1v) is 9.05. The van der Waals surface area contributed by atoms with E-state index in [0.29, 0.717) is 6.42 Å². The Morgan fingerprint density at radius 3 is 2.30 bits per heavy atom. The molecule has 0 aromatic rings. The molecule has 11 nitrogen and oxygen atoms in total. The number of carboxylic acid groups (broad SMARTS) is 1. The van der Waals surface area contributed by atoms with Crippen molar-refractivity contribution in [2.45, 2.75) is 50.4 Å². The SMILES string of the molecule is CC(NC(=O)C(CS)NC(=O)C1CCCN1)C(=O)NC(CC(N)=O)C(=O)O. The van der Waals surface area contributed by atoms with Gasteiger partial charge < -0.3 is 32.1 Å². The van der Waals surface area contributed by atoms with E-state index < -0.39 is 48.2 Å². The van der Waals surface area contributed by atoms with E-state index in [1.807, 2.05) is 0 Å². The number of carbonyl (C=O) groups is 5. The fraction of sp³-hybridized carbons (Fsp3) is 0.667. The Kier molecular flexibility index (Phi) is 9.02. The Morgan fingerprint density at radius 2 is 1.81 bits per heavy atom. The summed E-state index contributed by atoms with van der Waals surface area (Å²) in [5, 5.41) is 19.1. The number of carboxylic acids is 1. The number of amides is 4. The average molecular weight is 403 g/mol. The molecular formula is C15H25N5O6S. The second-order valence-corrected chi connectivity index (χ2v) is 6.56. The molecule has 1 rings (SSSR count). The topological polar surface area (TPSA) is 180 Å². The average Bonchev–Trinajstić information content (AvgIpc) is 3.12. The number of thiol groups is 1. The quantitative estimate of drug-likeness (QED) is 0.191. The molecule has 1 aliphatic heterocycles. The maximum Gasteiger partial charge on any atom is 0.326 e. The monoisotopic (exact) mass is 403 g/mol. The number of rotatable bonds is 10. The van der Waals surface area contributed by atoms with E-state index >= 15 is 0 Å². The van der Waals surface area contributed by atoms with E-state index in [0.717, 1.165) is 13.0 Å². The summed E-state index contributed by atoms with van der Waals surface area (Å²) in [5.74, 6) is -4.08. The second-order valence-electron chi connectivity index (χ2n) is 6.19. The predicted octanol–water partition coefficient (Wildman–Crippen LogP) is -2.90. The molecule has 1 saturated heterocycles. The maximum absolute atomic E-state index is 12.3. The summed E-state index contributed by atoms with van der Waals surface area (Å²) in [7, 11) is 0. The third-order valence-corrected chi connectivity index (χ3v) is 4.33. The van der Waals surface area contributed by atoms with Crippen LogP contribution in [0.2, 0.25) is 0 Å². The van der Waals surface area contributed by atoms with E-state index in [2.05, 4.69) is 33.9 Å². The van der Waals surface area contributed by atoms with Crippen molar-refractivity contribution in [3.8, 4) is 0 Å². The third-order valence-electron chi connectivity index (χ3n) is 3.96. The standard InChI is InChI=1S/C15H25N5O6S/c1-7(12(22)19-9(15(25)26)5-11(16)21)18-14(24)10(6-27)20-13(23)8-3-2-4-17-8/h7-10,17,27H,2-6H2,1H3,(H2,16,21)(H,18,24)(H,19,22)(H,20,23)(H,25,26). The van der Waals surface area contributed by atoms with Crippen LogP contribution in [0.1, 0.15) is 26.2 Å². The summed E-state index contributed by atoms with van der Waals surface area (Å²) < 4.78 is 0. The van der Waals surface area contributed by atoms with Crippen molar-refractivity contribution < 1.29 is 29.1 Å². The maximum atomic E-state index is 12.3. The summed E-state index contributed by atoms with van der Waals surface area (Å²) in [4.78, 5) is 58.3. The van der Waals surface area contributed by atoms with Crippen molar-refractivity contribution in [1.82, 2.24) is 21.3 Å². The van der Waals surface area contributed by atoms with Gasteiger partial charge in [0, 0.05) is 5.75 Å². The van der Waals surface area contributed by atoms with Crippen LogP contribution < -0.4 is 27.0 Å². The lowest BCUT2D eigenvalue weighted by molar-refractivity contribution is -0.143. The van der Waals surface area contributed by atoms with E-state index in [9.17, 15) is 24.0 Å². The highest BCUT2D eigenvalue weighted by atomic mass is 32.1. The number of hydrogen-bond donors (Lipinski definition) is 7. The number of hydrogen-bond acceptors (Lipinski definition) is 7. The zero-order valence-electron chi connectivity index (χ0n) is 14.9. The smallest absolute Gasteiger partial charge is 0.326 e. The van der Waals surface area contributed by atoms with Gasteiger partial charge in [-0.1, -0.05) is 0 Å². The lowest BCUT2D eigenvalue weighted by atomic mass is 10.1.